The Morgan fingerprint density at radius 1 is 0.842 bits per heavy atom. The molecule has 0 saturated carbocycles. The number of rotatable bonds is 3. The van der Waals surface area contributed by atoms with Crippen LogP contribution >= 0.6 is 6.60 Å². The minimum absolute atomic E-state index is 0.816. The van der Waals surface area contributed by atoms with Crippen LogP contribution in [0.3, 0.4) is 0 Å². The predicted molar refractivity (Wildman–Crippen MR) is 87.0 cm³/mol. The van der Waals surface area contributed by atoms with Crippen LogP contribution in [-0.2, 0) is 0 Å². The third kappa shape index (κ3) is 2.35. The van der Waals surface area contributed by atoms with Crippen molar-refractivity contribution in [1.82, 2.24) is 0 Å². The van der Waals surface area contributed by atoms with Gasteiger partial charge in [0.25, 0.3) is 0 Å². The van der Waals surface area contributed by atoms with Gasteiger partial charge in [-0.15, -0.1) is 0 Å². The van der Waals surface area contributed by atoms with Gasteiger partial charge in [-0.1, -0.05) is 0 Å². The molecule has 0 heterocycles. The first-order valence-electron chi connectivity index (χ1n) is 6.47. The van der Waals surface area contributed by atoms with Crippen LogP contribution in [0.4, 0.5) is 0 Å². The third-order valence-corrected chi connectivity index (χ3v) is 8.15. The molecule has 2 aromatic carbocycles. The van der Waals surface area contributed by atoms with Crippen molar-refractivity contribution in [2.45, 2.75) is 6.92 Å². The zero-order valence-electron chi connectivity index (χ0n) is 12.1. The zero-order chi connectivity index (χ0) is 14.1. The fraction of sp³-hybridized carbons (Fsp3) is 0.235. The first-order chi connectivity index (χ1) is 8.85. The van der Waals surface area contributed by atoms with Gasteiger partial charge in [0.05, 0.1) is 0 Å². The maximum atomic E-state index is 11.4. The van der Waals surface area contributed by atoms with E-state index in [9.17, 15) is 4.79 Å². The van der Waals surface area contributed by atoms with Crippen LogP contribution in [0.2, 0.25) is 0 Å². The summed E-state index contributed by atoms with van der Waals surface area (Å²) >= 11 is 0. The fourth-order valence-corrected chi connectivity index (χ4v) is 6.69. The van der Waals surface area contributed by atoms with E-state index in [0.29, 0.717) is 0 Å². The Morgan fingerprint density at radius 3 is 1.95 bits per heavy atom. The van der Waals surface area contributed by atoms with E-state index in [4.69, 9.17) is 0 Å². The van der Waals surface area contributed by atoms with Gasteiger partial charge < -0.3 is 0 Å². The van der Waals surface area contributed by atoms with Crippen LogP contribution < -0.4 is 10.6 Å². The topological polar surface area (TPSA) is 17.1 Å². The Bertz CT molecular complexity index is 620. The Labute approximate surface area is 115 Å². The van der Waals surface area contributed by atoms with E-state index in [1.807, 2.05) is 18.2 Å². The molecular weight excluding hydrogens is 251 g/mol. The van der Waals surface area contributed by atoms with E-state index in [1.54, 1.807) is 0 Å². The molecule has 0 atom stereocenters. The molecule has 0 fully saturated rings. The van der Waals surface area contributed by atoms with E-state index in [0.717, 1.165) is 11.8 Å². The molecule has 0 saturated heterocycles. The van der Waals surface area contributed by atoms with Crippen LogP contribution in [0.25, 0.3) is 0 Å². The van der Waals surface area contributed by atoms with Crippen molar-refractivity contribution in [2.24, 2.45) is 0 Å². The van der Waals surface area contributed by atoms with Gasteiger partial charge in [0, 0.05) is 0 Å². The monoisotopic (exact) mass is 272 g/mol. The second-order valence-electron chi connectivity index (χ2n) is 6.26. The number of aryl methyl sites for hydroxylation is 1. The van der Waals surface area contributed by atoms with Gasteiger partial charge in [-0.25, -0.2) is 0 Å². The summed E-state index contributed by atoms with van der Waals surface area (Å²) in [7, 11) is 0. The summed E-state index contributed by atoms with van der Waals surface area (Å²) in [6.45, 7) is 6.81. The number of benzene rings is 2. The van der Waals surface area contributed by atoms with Crippen molar-refractivity contribution in [2.75, 3.05) is 20.0 Å². The number of carbonyl (C=O) groups is 1. The molecule has 0 amide bonds. The van der Waals surface area contributed by atoms with Gasteiger partial charge in [0.1, 0.15) is 0 Å². The molecule has 0 N–H and O–H groups in total. The van der Waals surface area contributed by atoms with Gasteiger partial charge in [-0.3, -0.25) is 0 Å². The molecule has 0 spiro atoms. The normalized spacial score (nSPS) is 13.6. The summed E-state index contributed by atoms with van der Waals surface area (Å²) in [6.07, 6.45) is 0.978. The Morgan fingerprint density at radius 2 is 1.37 bits per heavy atom. The Kier molecular flexibility index (Phi) is 3.36. The van der Waals surface area contributed by atoms with E-state index in [-0.39, 0.29) is 0 Å². The SMILES string of the molecule is Cc1ccccc1P(C)(C)(C)c1ccccc1C=O. The molecule has 0 aliphatic rings. The van der Waals surface area contributed by atoms with Crippen molar-refractivity contribution in [1.29, 1.82) is 0 Å². The van der Waals surface area contributed by atoms with Gasteiger partial charge in [0.2, 0.25) is 0 Å². The molecule has 2 heteroatoms. The van der Waals surface area contributed by atoms with Crippen LogP contribution in [-0.4, -0.2) is 26.3 Å². The summed E-state index contributed by atoms with van der Waals surface area (Å²) < 4.78 is 0. The molecule has 1 nitrogen and oxygen atoms in total. The van der Waals surface area contributed by atoms with E-state index >= 15 is 0 Å². The maximum absolute atomic E-state index is 11.4. The Hall–Kier alpha value is -1.46. The molecule has 0 aliphatic carbocycles. The standard InChI is InChI=1S/C17H21OP/c1-14-9-5-7-11-16(14)19(2,3,4)17-12-8-6-10-15(17)13-18/h5-13H,1-4H3. The molecule has 0 unspecified atom stereocenters. The first-order valence-corrected chi connectivity index (χ1v) is 10.0. The molecule has 0 aromatic heterocycles. The minimum atomic E-state index is -2.28. The molecule has 0 bridgehead atoms. The Balaban J connectivity index is 2.76. The molecule has 2 rings (SSSR count). The number of carbonyl (C=O) groups excluding carboxylic acids is 1. The summed E-state index contributed by atoms with van der Waals surface area (Å²) in [5, 5.41) is 2.57. The number of aldehydes is 1. The molecule has 0 aliphatic heterocycles. The van der Waals surface area contributed by atoms with Crippen LogP contribution in [0, 0.1) is 6.92 Å². The summed E-state index contributed by atoms with van der Waals surface area (Å²) in [5.74, 6) is 0. The van der Waals surface area contributed by atoms with Crippen molar-refractivity contribution < 1.29 is 4.79 Å². The molecule has 0 radical (unpaired) electrons. The predicted octanol–water partition coefficient (Wildman–Crippen LogP) is 3.20. The average molecular weight is 272 g/mol. The molecule has 2 aromatic rings. The van der Waals surface area contributed by atoms with Gasteiger partial charge in [-0.2, -0.15) is 0 Å². The van der Waals surface area contributed by atoms with Gasteiger partial charge >= 0.3 is 115 Å². The molecule has 100 valence electrons. The third-order valence-electron chi connectivity index (χ3n) is 3.87. The summed E-state index contributed by atoms with van der Waals surface area (Å²) in [6, 6.07) is 16.5. The summed E-state index contributed by atoms with van der Waals surface area (Å²) in [5.41, 5.74) is 2.12. The van der Waals surface area contributed by atoms with E-state index in [1.165, 1.54) is 16.2 Å². The summed E-state index contributed by atoms with van der Waals surface area (Å²) in [4.78, 5) is 11.4. The van der Waals surface area contributed by atoms with Gasteiger partial charge in [-0.05, 0) is 0 Å². The van der Waals surface area contributed by atoms with Crippen LogP contribution in [0.15, 0.2) is 48.5 Å². The second kappa shape index (κ2) is 4.58. The quantitative estimate of drug-likeness (QED) is 0.619. The number of hydrogen-bond donors (Lipinski definition) is 0. The van der Waals surface area contributed by atoms with E-state index < -0.39 is 6.60 Å². The number of hydrogen-bond acceptors (Lipinski definition) is 1. The van der Waals surface area contributed by atoms with Crippen LogP contribution in [0.5, 0.6) is 0 Å². The van der Waals surface area contributed by atoms with Gasteiger partial charge in [0.15, 0.2) is 0 Å². The molecule has 19 heavy (non-hydrogen) atoms. The second-order valence-corrected chi connectivity index (χ2v) is 12.8. The van der Waals surface area contributed by atoms with Crippen molar-refractivity contribution in [3.05, 3.63) is 59.7 Å². The zero-order valence-corrected chi connectivity index (χ0v) is 12.9. The van der Waals surface area contributed by atoms with Crippen LogP contribution in [0.1, 0.15) is 15.9 Å². The first kappa shape index (κ1) is 14.0. The average Bonchev–Trinajstić information content (AvgIpc) is 2.38. The molecular formula is C17H21OP. The van der Waals surface area contributed by atoms with Crippen molar-refractivity contribution >= 4 is 23.5 Å². The van der Waals surface area contributed by atoms with Crippen molar-refractivity contribution in [3.8, 4) is 0 Å². The fourth-order valence-electron chi connectivity index (χ4n) is 2.87. The van der Waals surface area contributed by atoms with E-state index in [2.05, 4.69) is 57.3 Å². The van der Waals surface area contributed by atoms with Crippen molar-refractivity contribution in [3.63, 3.8) is 0 Å².